The van der Waals surface area contributed by atoms with E-state index in [1.165, 1.54) is 16.7 Å². The Bertz CT molecular complexity index is 285. The Kier molecular flexibility index (Phi) is 3.71. The van der Waals surface area contributed by atoms with Crippen LogP contribution in [-0.2, 0) is 0 Å². The normalized spacial score (nSPS) is 12.5. The summed E-state index contributed by atoms with van der Waals surface area (Å²) in [5.41, 5.74) is 9.59. The van der Waals surface area contributed by atoms with Crippen LogP contribution in [0.25, 0.3) is 5.57 Å². The van der Waals surface area contributed by atoms with Gasteiger partial charge in [-0.15, -0.1) is 0 Å². The van der Waals surface area contributed by atoms with Crippen molar-refractivity contribution in [2.45, 2.75) is 20.3 Å². The van der Waals surface area contributed by atoms with Crippen LogP contribution in [0.1, 0.15) is 25.8 Å². The lowest BCUT2D eigenvalue weighted by molar-refractivity contribution is 1.10. The number of hydrogen-bond acceptors (Lipinski definition) is 1. The molecule has 0 fully saturated rings. The van der Waals surface area contributed by atoms with Gasteiger partial charge in [0.25, 0.3) is 0 Å². The average molecular weight is 175 g/mol. The first-order valence-electron chi connectivity index (χ1n) is 4.73. The highest BCUT2D eigenvalue weighted by molar-refractivity contribution is 5.68. The molecule has 0 heterocycles. The molecule has 1 heteroatoms. The van der Waals surface area contributed by atoms with Crippen molar-refractivity contribution >= 4 is 5.57 Å². The van der Waals surface area contributed by atoms with Gasteiger partial charge in [0.05, 0.1) is 0 Å². The topological polar surface area (TPSA) is 26.0 Å². The summed E-state index contributed by atoms with van der Waals surface area (Å²) in [5, 5.41) is 0. The van der Waals surface area contributed by atoms with Gasteiger partial charge in [0.1, 0.15) is 0 Å². The minimum absolute atomic E-state index is 0.651. The summed E-state index contributed by atoms with van der Waals surface area (Å²) >= 11 is 0. The quantitative estimate of drug-likeness (QED) is 0.751. The SMILES string of the molecule is CCC(=C(C)CN)c1ccccc1. The van der Waals surface area contributed by atoms with E-state index in [0.29, 0.717) is 6.54 Å². The van der Waals surface area contributed by atoms with Gasteiger partial charge in [-0.25, -0.2) is 0 Å². The van der Waals surface area contributed by atoms with Crippen LogP contribution in [0.5, 0.6) is 0 Å². The first kappa shape index (κ1) is 10.0. The lowest BCUT2D eigenvalue weighted by Gasteiger charge is -2.08. The number of rotatable bonds is 3. The second-order valence-corrected chi connectivity index (χ2v) is 3.18. The predicted molar refractivity (Wildman–Crippen MR) is 58.4 cm³/mol. The third kappa shape index (κ3) is 2.43. The Balaban J connectivity index is 3.05. The molecule has 0 saturated carbocycles. The highest BCUT2D eigenvalue weighted by atomic mass is 14.5. The molecule has 0 aromatic heterocycles. The maximum Gasteiger partial charge on any atom is 0.0140 e. The van der Waals surface area contributed by atoms with E-state index < -0.39 is 0 Å². The summed E-state index contributed by atoms with van der Waals surface area (Å²) in [6, 6.07) is 10.4. The van der Waals surface area contributed by atoms with Gasteiger partial charge in [0.15, 0.2) is 0 Å². The van der Waals surface area contributed by atoms with Crippen molar-refractivity contribution in [3.63, 3.8) is 0 Å². The molecule has 0 unspecified atom stereocenters. The molecule has 70 valence electrons. The largest absolute Gasteiger partial charge is 0.327 e. The Morgan fingerprint density at radius 2 is 1.85 bits per heavy atom. The van der Waals surface area contributed by atoms with Crippen LogP contribution in [0.3, 0.4) is 0 Å². The highest BCUT2D eigenvalue weighted by Gasteiger charge is 2.01. The molecule has 0 radical (unpaired) electrons. The van der Waals surface area contributed by atoms with Crippen molar-refractivity contribution < 1.29 is 0 Å². The Hall–Kier alpha value is -1.08. The summed E-state index contributed by atoms with van der Waals surface area (Å²) in [6.45, 7) is 4.92. The molecule has 13 heavy (non-hydrogen) atoms. The van der Waals surface area contributed by atoms with Crippen LogP contribution in [0.4, 0.5) is 0 Å². The fourth-order valence-corrected chi connectivity index (χ4v) is 1.51. The molecule has 1 rings (SSSR count). The molecule has 0 aliphatic rings. The van der Waals surface area contributed by atoms with Crippen molar-refractivity contribution in [2.75, 3.05) is 6.54 Å². The standard InChI is InChI=1S/C12H17N/c1-3-12(10(2)9-13)11-7-5-4-6-8-11/h4-8H,3,9,13H2,1-2H3. The number of allylic oxidation sites excluding steroid dienone is 1. The van der Waals surface area contributed by atoms with Crippen LogP contribution in [0, 0.1) is 0 Å². The smallest absolute Gasteiger partial charge is 0.0140 e. The monoisotopic (exact) mass is 175 g/mol. The molecule has 1 aromatic rings. The number of hydrogen-bond donors (Lipinski definition) is 1. The molecule has 0 atom stereocenters. The third-order valence-electron chi connectivity index (χ3n) is 2.30. The third-order valence-corrected chi connectivity index (χ3v) is 2.30. The van der Waals surface area contributed by atoms with E-state index in [4.69, 9.17) is 5.73 Å². The summed E-state index contributed by atoms with van der Waals surface area (Å²) < 4.78 is 0. The zero-order chi connectivity index (χ0) is 9.68. The Morgan fingerprint density at radius 3 is 2.31 bits per heavy atom. The van der Waals surface area contributed by atoms with Gasteiger partial charge in [-0.2, -0.15) is 0 Å². The Labute approximate surface area is 80.3 Å². The first-order chi connectivity index (χ1) is 6.29. The van der Waals surface area contributed by atoms with Gasteiger partial charge in [0, 0.05) is 6.54 Å². The van der Waals surface area contributed by atoms with Crippen LogP contribution in [0.15, 0.2) is 35.9 Å². The Morgan fingerprint density at radius 1 is 1.23 bits per heavy atom. The molecule has 1 nitrogen and oxygen atoms in total. The maximum atomic E-state index is 5.63. The molecule has 0 aliphatic carbocycles. The van der Waals surface area contributed by atoms with Gasteiger partial charge >= 0.3 is 0 Å². The summed E-state index contributed by atoms with van der Waals surface area (Å²) in [4.78, 5) is 0. The molecular formula is C12H17N. The van der Waals surface area contributed by atoms with Crippen LogP contribution >= 0.6 is 0 Å². The minimum Gasteiger partial charge on any atom is -0.327 e. The molecule has 0 saturated heterocycles. The van der Waals surface area contributed by atoms with Crippen molar-refractivity contribution in [2.24, 2.45) is 5.73 Å². The van der Waals surface area contributed by atoms with Crippen LogP contribution in [-0.4, -0.2) is 6.54 Å². The highest BCUT2D eigenvalue weighted by Crippen LogP contribution is 2.20. The van der Waals surface area contributed by atoms with E-state index in [2.05, 4.69) is 38.1 Å². The van der Waals surface area contributed by atoms with E-state index in [-0.39, 0.29) is 0 Å². The second kappa shape index (κ2) is 4.83. The fourth-order valence-electron chi connectivity index (χ4n) is 1.51. The summed E-state index contributed by atoms with van der Waals surface area (Å²) in [6.07, 6.45) is 1.05. The molecule has 0 amide bonds. The summed E-state index contributed by atoms with van der Waals surface area (Å²) in [7, 11) is 0. The molecule has 0 aliphatic heterocycles. The second-order valence-electron chi connectivity index (χ2n) is 3.18. The van der Waals surface area contributed by atoms with E-state index in [9.17, 15) is 0 Å². The van der Waals surface area contributed by atoms with Gasteiger partial charge in [-0.1, -0.05) is 42.8 Å². The lowest BCUT2D eigenvalue weighted by Crippen LogP contribution is -2.02. The maximum absolute atomic E-state index is 5.63. The zero-order valence-electron chi connectivity index (χ0n) is 8.38. The van der Waals surface area contributed by atoms with Crippen molar-refractivity contribution in [1.82, 2.24) is 0 Å². The predicted octanol–water partition coefficient (Wildman–Crippen LogP) is 2.83. The number of nitrogens with two attached hydrogens (primary N) is 1. The number of benzene rings is 1. The van der Waals surface area contributed by atoms with E-state index >= 15 is 0 Å². The molecule has 2 N–H and O–H groups in total. The zero-order valence-corrected chi connectivity index (χ0v) is 8.38. The fraction of sp³-hybridized carbons (Fsp3) is 0.333. The van der Waals surface area contributed by atoms with Crippen LogP contribution in [0.2, 0.25) is 0 Å². The molecular weight excluding hydrogens is 158 g/mol. The summed E-state index contributed by atoms with van der Waals surface area (Å²) in [5.74, 6) is 0. The van der Waals surface area contributed by atoms with Crippen LogP contribution < -0.4 is 5.73 Å². The van der Waals surface area contributed by atoms with Crippen molar-refractivity contribution in [1.29, 1.82) is 0 Å². The van der Waals surface area contributed by atoms with E-state index in [0.717, 1.165) is 6.42 Å². The average Bonchev–Trinajstić information content (AvgIpc) is 2.20. The van der Waals surface area contributed by atoms with Crippen molar-refractivity contribution in [3.05, 3.63) is 41.5 Å². The molecule has 0 spiro atoms. The van der Waals surface area contributed by atoms with Gasteiger partial charge in [0.2, 0.25) is 0 Å². The van der Waals surface area contributed by atoms with Gasteiger partial charge in [-0.3, -0.25) is 0 Å². The first-order valence-corrected chi connectivity index (χ1v) is 4.73. The molecule has 0 bridgehead atoms. The van der Waals surface area contributed by atoms with Gasteiger partial charge < -0.3 is 5.73 Å². The van der Waals surface area contributed by atoms with Gasteiger partial charge in [-0.05, 0) is 24.5 Å². The van der Waals surface area contributed by atoms with E-state index in [1.54, 1.807) is 0 Å². The lowest BCUT2D eigenvalue weighted by atomic mass is 9.99. The minimum atomic E-state index is 0.651. The van der Waals surface area contributed by atoms with E-state index in [1.807, 2.05) is 6.07 Å². The molecule has 1 aromatic carbocycles. The van der Waals surface area contributed by atoms with Crippen molar-refractivity contribution in [3.8, 4) is 0 Å².